The summed E-state index contributed by atoms with van der Waals surface area (Å²) in [5, 5.41) is 3.84. The van der Waals surface area contributed by atoms with Crippen molar-refractivity contribution in [3.63, 3.8) is 0 Å². The van der Waals surface area contributed by atoms with E-state index in [2.05, 4.69) is 5.32 Å². The van der Waals surface area contributed by atoms with Crippen molar-refractivity contribution in [2.75, 3.05) is 12.3 Å². The van der Waals surface area contributed by atoms with Gasteiger partial charge in [-0.1, -0.05) is 41.4 Å². The lowest BCUT2D eigenvalue weighted by atomic mass is 10.1. The fraction of sp³-hybridized carbons (Fsp3) is 0.133. The second kappa shape index (κ2) is 6.64. The van der Waals surface area contributed by atoms with E-state index in [4.69, 9.17) is 28.9 Å². The summed E-state index contributed by atoms with van der Waals surface area (Å²) in [5.41, 5.74) is 7.52. The predicted octanol–water partition coefficient (Wildman–Crippen LogP) is 3.55. The third-order valence-electron chi connectivity index (χ3n) is 2.86. The highest BCUT2D eigenvalue weighted by atomic mass is 35.5. The average molecular weight is 309 g/mol. The van der Waals surface area contributed by atoms with Crippen LogP contribution in [0.15, 0.2) is 42.5 Å². The van der Waals surface area contributed by atoms with E-state index >= 15 is 0 Å². The topological polar surface area (TPSA) is 55.1 Å². The highest BCUT2D eigenvalue weighted by molar-refractivity contribution is 6.34. The summed E-state index contributed by atoms with van der Waals surface area (Å²) in [5.74, 6) is -0.268. The van der Waals surface area contributed by atoms with Gasteiger partial charge in [0, 0.05) is 17.3 Å². The number of halogens is 2. The third kappa shape index (κ3) is 3.65. The first-order chi connectivity index (χ1) is 9.58. The maximum absolute atomic E-state index is 12.0. The summed E-state index contributed by atoms with van der Waals surface area (Å²) in [6, 6.07) is 12.5. The minimum Gasteiger partial charge on any atom is -0.398 e. The lowest BCUT2D eigenvalue weighted by molar-refractivity contribution is 0.0955. The molecule has 0 spiro atoms. The molecule has 0 unspecified atom stereocenters. The van der Waals surface area contributed by atoms with E-state index < -0.39 is 0 Å². The fourth-order valence-electron chi connectivity index (χ4n) is 1.88. The van der Waals surface area contributed by atoms with Crippen LogP contribution in [-0.4, -0.2) is 12.5 Å². The van der Waals surface area contributed by atoms with Gasteiger partial charge in [0.15, 0.2) is 0 Å². The summed E-state index contributed by atoms with van der Waals surface area (Å²) in [4.78, 5) is 12.0. The molecule has 0 bridgehead atoms. The van der Waals surface area contributed by atoms with Crippen LogP contribution in [0.2, 0.25) is 10.0 Å². The molecule has 3 N–H and O–H groups in total. The van der Waals surface area contributed by atoms with Gasteiger partial charge in [-0.25, -0.2) is 0 Å². The van der Waals surface area contributed by atoms with Crippen LogP contribution in [0, 0.1) is 0 Å². The van der Waals surface area contributed by atoms with Gasteiger partial charge < -0.3 is 11.1 Å². The van der Waals surface area contributed by atoms with Gasteiger partial charge in [-0.2, -0.15) is 0 Å². The summed E-state index contributed by atoms with van der Waals surface area (Å²) in [6.07, 6.45) is 0.691. The SMILES string of the molecule is Nc1cccc(Cl)c1C(=O)NCCc1cccc(Cl)c1. The first-order valence-corrected chi connectivity index (χ1v) is 6.90. The molecule has 1 amide bonds. The zero-order valence-corrected chi connectivity index (χ0v) is 12.2. The number of rotatable bonds is 4. The molecule has 0 radical (unpaired) electrons. The Morgan fingerprint density at radius 2 is 1.90 bits per heavy atom. The zero-order chi connectivity index (χ0) is 14.5. The van der Waals surface area contributed by atoms with Crippen molar-refractivity contribution in [1.29, 1.82) is 0 Å². The van der Waals surface area contributed by atoms with Crippen LogP contribution in [0.3, 0.4) is 0 Å². The van der Waals surface area contributed by atoms with E-state index in [0.29, 0.717) is 34.3 Å². The van der Waals surface area contributed by atoms with Crippen molar-refractivity contribution in [1.82, 2.24) is 5.32 Å². The number of nitrogens with one attached hydrogen (secondary N) is 1. The Kier molecular flexibility index (Phi) is 4.88. The van der Waals surface area contributed by atoms with Crippen LogP contribution >= 0.6 is 23.2 Å². The molecule has 0 aliphatic carbocycles. The molecule has 2 rings (SSSR count). The van der Waals surface area contributed by atoms with E-state index in [1.807, 2.05) is 24.3 Å². The van der Waals surface area contributed by atoms with Crippen LogP contribution in [0.5, 0.6) is 0 Å². The van der Waals surface area contributed by atoms with E-state index in [1.165, 1.54) is 0 Å². The van der Waals surface area contributed by atoms with Crippen LogP contribution in [0.4, 0.5) is 5.69 Å². The number of carbonyl (C=O) groups excluding carboxylic acids is 1. The molecule has 0 saturated heterocycles. The second-order valence-corrected chi connectivity index (χ2v) is 5.18. The highest BCUT2D eigenvalue weighted by Crippen LogP contribution is 2.21. The standard InChI is InChI=1S/C15H14Cl2N2O/c16-11-4-1-3-10(9-11)7-8-19-15(20)14-12(17)5-2-6-13(14)18/h1-6,9H,7-8,18H2,(H,19,20). The number of anilines is 1. The molecule has 2 aromatic carbocycles. The van der Waals surface area contributed by atoms with Crippen LogP contribution in [-0.2, 0) is 6.42 Å². The molecule has 104 valence electrons. The molecule has 3 nitrogen and oxygen atoms in total. The summed E-state index contributed by atoms with van der Waals surface area (Å²) in [6.45, 7) is 0.490. The first kappa shape index (κ1) is 14.7. The molecule has 0 aromatic heterocycles. The van der Waals surface area contributed by atoms with Gasteiger partial charge in [0.05, 0.1) is 10.6 Å². The number of benzene rings is 2. The minimum absolute atomic E-state index is 0.268. The molecule has 0 atom stereocenters. The number of carbonyl (C=O) groups is 1. The monoisotopic (exact) mass is 308 g/mol. The molecule has 5 heteroatoms. The van der Waals surface area contributed by atoms with Gasteiger partial charge in [-0.15, -0.1) is 0 Å². The first-order valence-electron chi connectivity index (χ1n) is 6.14. The quantitative estimate of drug-likeness (QED) is 0.849. The van der Waals surface area contributed by atoms with Crippen molar-refractivity contribution in [3.05, 3.63) is 63.6 Å². The fourth-order valence-corrected chi connectivity index (χ4v) is 2.36. The summed E-state index contributed by atoms with van der Waals surface area (Å²) >= 11 is 11.9. The van der Waals surface area contributed by atoms with Gasteiger partial charge >= 0.3 is 0 Å². The maximum atomic E-state index is 12.0. The third-order valence-corrected chi connectivity index (χ3v) is 3.41. The molecule has 0 saturated carbocycles. The van der Waals surface area contributed by atoms with Crippen LogP contribution in [0.25, 0.3) is 0 Å². The number of amides is 1. The number of nitrogens with two attached hydrogens (primary N) is 1. The van der Waals surface area contributed by atoms with E-state index in [0.717, 1.165) is 5.56 Å². The lowest BCUT2D eigenvalue weighted by Crippen LogP contribution is -2.26. The zero-order valence-electron chi connectivity index (χ0n) is 10.7. The normalized spacial score (nSPS) is 10.3. The molecule has 2 aromatic rings. The van der Waals surface area contributed by atoms with Gasteiger partial charge in [-0.05, 0) is 36.2 Å². The summed E-state index contributed by atoms with van der Waals surface area (Å²) < 4.78 is 0. The number of nitrogen functional groups attached to an aromatic ring is 1. The van der Waals surface area contributed by atoms with Gasteiger partial charge in [-0.3, -0.25) is 4.79 Å². The Morgan fingerprint density at radius 3 is 2.60 bits per heavy atom. The van der Waals surface area contributed by atoms with Crippen LogP contribution in [0.1, 0.15) is 15.9 Å². The molecular formula is C15H14Cl2N2O. The Morgan fingerprint density at radius 1 is 1.15 bits per heavy atom. The van der Waals surface area contributed by atoms with E-state index in [1.54, 1.807) is 18.2 Å². The minimum atomic E-state index is -0.268. The second-order valence-electron chi connectivity index (χ2n) is 4.34. The average Bonchev–Trinajstić information content (AvgIpc) is 2.38. The maximum Gasteiger partial charge on any atom is 0.254 e. The molecular weight excluding hydrogens is 295 g/mol. The largest absolute Gasteiger partial charge is 0.398 e. The molecule has 20 heavy (non-hydrogen) atoms. The predicted molar refractivity (Wildman–Crippen MR) is 83.4 cm³/mol. The van der Waals surface area contributed by atoms with Crippen molar-refractivity contribution in [2.45, 2.75) is 6.42 Å². The Labute approximate surface area is 127 Å². The van der Waals surface area contributed by atoms with Crippen molar-refractivity contribution < 1.29 is 4.79 Å². The molecule has 0 aliphatic rings. The van der Waals surface area contributed by atoms with Gasteiger partial charge in [0.2, 0.25) is 0 Å². The van der Waals surface area contributed by atoms with Crippen molar-refractivity contribution in [2.24, 2.45) is 0 Å². The molecule has 0 heterocycles. The lowest BCUT2D eigenvalue weighted by Gasteiger charge is -2.09. The molecule has 0 aliphatic heterocycles. The van der Waals surface area contributed by atoms with Gasteiger partial charge in [0.25, 0.3) is 5.91 Å². The van der Waals surface area contributed by atoms with Crippen molar-refractivity contribution >= 4 is 34.8 Å². The number of hydrogen-bond acceptors (Lipinski definition) is 2. The Bertz CT molecular complexity index is 609. The Balaban J connectivity index is 1.96. The number of hydrogen-bond donors (Lipinski definition) is 2. The smallest absolute Gasteiger partial charge is 0.254 e. The Hall–Kier alpha value is -1.71. The van der Waals surface area contributed by atoms with Gasteiger partial charge in [0.1, 0.15) is 0 Å². The molecule has 0 fully saturated rings. The summed E-state index contributed by atoms with van der Waals surface area (Å²) in [7, 11) is 0. The van der Waals surface area contributed by atoms with E-state index in [-0.39, 0.29) is 5.91 Å². The highest BCUT2D eigenvalue weighted by Gasteiger charge is 2.13. The van der Waals surface area contributed by atoms with Crippen LogP contribution < -0.4 is 11.1 Å². The van der Waals surface area contributed by atoms with E-state index in [9.17, 15) is 4.79 Å². The van der Waals surface area contributed by atoms with Crippen molar-refractivity contribution in [3.8, 4) is 0 Å².